The summed E-state index contributed by atoms with van der Waals surface area (Å²) in [6.45, 7) is 11.8. The van der Waals surface area contributed by atoms with E-state index in [0.717, 1.165) is 50.8 Å². The van der Waals surface area contributed by atoms with E-state index < -0.39 is 0 Å². The third-order valence-corrected chi connectivity index (χ3v) is 4.30. The first-order chi connectivity index (χ1) is 12.0. The predicted octanol–water partition coefficient (Wildman–Crippen LogP) is 0.653. The van der Waals surface area contributed by atoms with Crippen LogP contribution in [-0.2, 0) is 17.8 Å². The van der Waals surface area contributed by atoms with Gasteiger partial charge in [-0.05, 0) is 13.3 Å². The average Bonchev–Trinajstić information content (AvgIpc) is 3.23. The maximum absolute atomic E-state index is 12.1. The van der Waals surface area contributed by atoms with E-state index in [0.29, 0.717) is 6.54 Å². The molecule has 2 rings (SSSR count). The van der Waals surface area contributed by atoms with Crippen molar-refractivity contribution in [3.05, 3.63) is 12.2 Å². The molecule has 1 atom stereocenters. The standard InChI is InChI=1S/C17H31N7O/c1-5-15-22-20-12-24(15)10-8-19-17(18-6-2)21-14-7-9-23(11-14)16(25)13(3)4/h12-14H,5-11H2,1-4H3,(H2,18,19,21). The van der Waals surface area contributed by atoms with Crippen LogP contribution in [0.4, 0.5) is 0 Å². The molecule has 1 amide bonds. The fourth-order valence-electron chi connectivity index (χ4n) is 2.97. The zero-order chi connectivity index (χ0) is 18.2. The maximum atomic E-state index is 12.1. The smallest absolute Gasteiger partial charge is 0.225 e. The highest BCUT2D eigenvalue weighted by Gasteiger charge is 2.27. The lowest BCUT2D eigenvalue weighted by molar-refractivity contribution is -0.133. The van der Waals surface area contributed by atoms with E-state index in [2.05, 4.69) is 39.7 Å². The van der Waals surface area contributed by atoms with Gasteiger partial charge in [-0.15, -0.1) is 10.2 Å². The van der Waals surface area contributed by atoms with Gasteiger partial charge in [-0.2, -0.15) is 0 Å². The number of nitrogens with one attached hydrogen (secondary N) is 2. The van der Waals surface area contributed by atoms with Crippen molar-refractivity contribution in [2.45, 2.75) is 53.1 Å². The summed E-state index contributed by atoms with van der Waals surface area (Å²) in [6, 6.07) is 0.251. The number of carbonyl (C=O) groups excluding carboxylic acids is 1. The second-order valence-corrected chi connectivity index (χ2v) is 6.62. The van der Waals surface area contributed by atoms with Crippen molar-refractivity contribution in [3.8, 4) is 0 Å². The summed E-state index contributed by atoms with van der Waals surface area (Å²) in [5, 5.41) is 14.8. The normalized spacial score (nSPS) is 18.0. The highest BCUT2D eigenvalue weighted by Crippen LogP contribution is 2.12. The fourth-order valence-corrected chi connectivity index (χ4v) is 2.97. The van der Waals surface area contributed by atoms with Gasteiger partial charge in [0.1, 0.15) is 12.2 Å². The van der Waals surface area contributed by atoms with Gasteiger partial charge in [0.2, 0.25) is 5.91 Å². The summed E-state index contributed by atoms with van der Waals surface area (Å²) in [6.07, 6.45) is 3.57. The van der Waals surface area contributed by atoms with Crippen molar-refractivity contribution in [1.82, 2.24) is 30.3 Å². The molecule has 0 aromatic carbocycles. The Morgan fingerprint density at radius 2 is 2.24 bits per heavy atom. The summed E-state index contributed by atoms with van der Waals surface area (Å²) < 4.78 is 2.03. The molecule has 2 heterocycles. The van der Waals surface area contributed by atoms with Crippen molar-refractivity contribution in [1.29, 1.82) is 0 Å². The second kappa shape index (κ2) is 9.39. The Morgan fingerprint density at radius 1 is 1.44 bits per heavy atom. The number of carbonyl (C=O) groups is 1. The molecule has 1 unspecified atom stereocenters. The molecule has 1 aliphatic heterocycles. The Bertz CT molecular complexity index is 581. The third kappa shape index (κ3) is 5.44. The number of hydrogen-bond donors (Lipinski definition) is 2. The Morgan fingerprint density at radius 3 is 2.92 bits per heavy atom. The number of guanidine groups is 1. The third-order valence-electron chi connectivity index (χ3n) is 4.30. The molecule has 1 aliphatic rings. The van der Waals surface area contributed by atoms with Crippen molar-refractivity contribution in [2.24, 2.45) is 10.9 Å². The average molecular weight is 349 g/mol. The molecule has 1 saturated heterocycles. The molecule has 0 radical (unpaired) electrons. The topological polar surface area (TPSA) is 87.4 Å². The van der Waals surface area contributed by atoms with Gasteiger partial charge >= 0.3 is 0 Å². The molecule has 8 heteroatoms. The number of rotatable bonds is 7. The van der Waals surface area contributed by atoms with Crippen molar-refractivity contribution in [2.75, 3.05) is 26.2 Å². The van der Waals surface area contributed by atoms with Crippen molar-refractivity contribution in [3.63, 3.8) is 0 Å². The SMILES string of the molecule is CCNC(=NCCn1cnnc1CC)NC1CCN(C(=O)C(C)C)C1. The zero-order valence-corrected chi connectivity index (χ0v) is 15.8. The number of aromatic nitrogens is 3. The van der Waals surface area contributed by atoms with Crippen LogP contribution in [0.2, 0.25) is 0 Å². The quantitative estimate of drug-likeness (QED) is 0.557. The van der Waals surface area contributed by atoms with Crippen LogP contribution in [0.5, 0.6) is 0 Å². The van der Waals surface area contributed by atoms with E-state index in [1.165, 1.54) is 0 Å². The molecule has 8 nitrogen and oxygen atoms in total. The summed E-state index contributed by atoms with van der Waals surface area (Å²) in [5.41, 5.74) is 0. The molecule has 2 N–H and O–H groups in total. The number of aliphatic imine (C=N–C) groups is 1. The Hall–Kier alpha value is -2.12. The van der Waals surface area contributed by atoms with Gasteiger partial charge in [-0.25, -0.2) is 0 Å². The van der Waals surface area contributed by atoms with Gasteiger partial charge in [0.25, 0.3) is 0 Å². The second-order valence-electron chi connectivity index (χ2n) is 6.62. The first-order valence-electron chi connectivity index (χ1n) is 9.25. The lowest BCUT2D eigenvalue weighted by atomic mass is 10.2. The minimum absolute atomic E-state index is 0.0530. The van der Waals surface area contributed by atoms with E-state index >= 15 is 0 Å². The minimum Gasteiger partial charge on any atom is -0.357 e. The molecule has 0 saturated carbocycles. The van der Waals surface area contributed by atoms with Crippen LogP contribution in [0.3, 0.4) is 0 Å². The highest BCUT2D eigenvalue weighted by molar-refractivity contribution is 5.81. The van der Waals surface area contributed by atoms with Gasteiger partial charge < -0.3 is 20.1 Å². The number of nitrogens with zero attached hydrogens (tertiary/aromatic N) is 5. The van der Waals surface area contributed by atoms with Crippen LogP contribution >= 0.6 is 0 Å². The molecule has 0 spiro atoms. The molecule has 0 bridgehead atoms. The van der Waals surface area contributed by atoms with Crippen LogP contribution in [0, 0.1) is 5.92 Å². The number of amides is 1. The molecule has 1 fully saturated rings. The van der Waals surface area contributed by atoms with Crippen molar-refractivity contribution >= 4 is 11.9 Å². The van der Waals surface area contributed by atoms with E-state index in [1.54, 1.807) is 6.33 Å². The molecule has 1 aromatic rings. The molecular formula is C17H31N7O. The largest absolute Gasteiger partial charge is 0.357 e. The lowest BCUT2D eigenvalue weighted by Gasteiger charge is -2.20. The Labute approximate surface area is 150 Å². The monoisotopic (exact) mass is 349 g/mol. The zero-order valence-electron chi connectivity index (χ0n) is 15.8. The molecule has 25 heavy (non-hydrogen) atoms. The summed E-state index contributed by atoms with van der Waals surface area (Å²) >= 11 is 0. The number of hydrogen-bond acceptors (Lipinski definition) is 4. The molecule has 1 aromatic heterocycles. The van der Waals surface area contributed by atoms with Crippen molar-refractivity contribution < 1.29 is 4.79 Å². The summed E-state index contributed by atoms with van der Waals surface area (Å²) in [4.78, 5) is 18.7. The van der Waals surface area contributed by atoms with Gasteiger partial charge in [-0.1, -0.05) is 20.8 Å². The Balaban J connectivity index is 1.87. The Kier molecular flexibility index (Phi) is 7.21. The van der Waals surface area contributed by atoms with Gasteiger partial charge in [0.15, 0.2) is 5.96 Å². The van der Waals surface area contributed by atoms with Gasteiger partial charge in [-0.3, -0.25) is 9.79 Å². The first kappa shape index (κ1) is 19.2. The van der Waals surface area contributed by atoms with Gasteiger partial charge in [0.05, 0.1) is 6.54 Å². The maximum Gasteiger partial charge on any atom is 0.225 e. The van der Waals surface area contributed by atoms with Crippen LogP contribution in [-0.4, -0.2) is 63.8 Å². The molecular weight excluding hydrogens is 318 g/mol. The fraction of sp³-hybridized carbons (Fsp3) is 0.765. The van der Waals surface area contributed by atoms with E-state index in [-0.39, 0.29) is 17.9 Å². The minimum atomic E-state index is 0.0530. The van der Waals surface area contributed by atoms with Crippen LogP contribution in [0.25, 0.3) is 0 Å². The number of aryl methyl sites for hydroxylation is 1. The van der Waals surface area contributed by atoms with Crippen LogP contribution in [0.1, 0.15) is 39.9 Å². The molecule has 140 valence electrons. The summed E-state index contributed by atoms with van der Waals surface area (Å²) in [5.74, 6) is 2.06. The number of likely N-dealkylation sites (tertiary alicyclic amines) is 1. The predicted molar refractivity (Wildman–Crippen MR) is 98.3 cm³/mol. The van der Waals surface area contributed by atoms with E-state index in [1.807, 2.05) is 23.3 Å². The van der Waals surface area contributed by atoms with Crippen LogP contribution < -0.4 is 10.6 Å². The lowest BCUT2D eigenvalue weighted by Crippen LogP contribution is -2.45. The van der Waals surface area contributed by atoms with E-state index in [4.69, 9.17) is 0 Å². The molecule has 0 aliphatic carbocycles. The highest BCUT2D eigenvalue weighted by atomic mass is 16.2. The van der Waals surface area contributed by atoms with Gasteiger partial charge in [0, 0.05) is 44.6 Å². The van der Waals surface area contributed by atoms with Crippen LogP contribution in [0.15, 0.2) is 11.3 Å². The first-order valence-corrected chi connectivity index (χ1v) is 9.25. The van der Waals surface area contributed by atoms with E-state index in [9.17, 15) is 4.79 Å². The summed E-state index contributed by atoms with van der Waals surface area (Å²) in [7, 11) is 0.